The molecule has 0 heterocycles. The number of anilines is 1. The molecule has 5 heteroatoms. The zero-order valence-corrected chi connectivity index (χ0v) is 13.4. The summed E-state index contributed by atoms with van der Waals surface area (Å²) in [4.78, 5) is 12.0. The van der Waals surface area contributed by atoms with E-state index in [4.69, 9.17) is 11.6 Å². The molecule has 0 saturated heterocycles. The minimum Gasteiger partial charge on any atom is -0.374 e. The maximum Gasteiger partial charge on any atom is 0.239 e. The third-order valence-corrected chi connectivity index (χ3v) is 4.47. The normalized spacial score (nSPS) is 15.0. The number of halogens is 2. The van der Waals surface area contributed by atoms with Gasteiger partial charge in [0.15, 0.2) is 0 Å². The van der Waals surface area contributed by atoms with E-state index in [-0.39, 0.29) is 23.6 Å². The van der Waals surface area contributed by atoms with Crippen LogP contribution in [0.5, 0.6) is 0 Å². The number of carbonyl (C=O) groups is 1. The molecule has 1 fully saturated rings. The Morgan fingerprint density at radius 1 is 1.17 bits per heavy atom. The highest BCUT2D eigenvalue weighted by Gasteiger charge is 2.44. The van der Waals surface area contributed by atoms with Crippen LogP contribution in [0.3, 0.4) is 0 Å². The molecule has 0 bridgehead atoms. The highest BCUT2D eigenvalue weighted by Crippen LogP contribution is 2.47. The predicted octanol–water partition coefficient (Wildman–Crippen LogP) is 3.74. The number of hydrogen-bond acceptors (Lipinski definition) is 2. The summed E-state index contributed by atoms with van der Waals surface area (Å²) in [6, 6.07) is 14.5. The van der Waals surface area contributed by atoms with Crippen LogP contribution in [-0.2, 0) is 10.2 Å². The van der Waals surface area contributed by atoms with Crippen LogP contribution in [0.2, 0.25) is 5.02 Å². The van der Waals surface area contributed by atoms with Gasteiger partial charge in [0, 0.05) is 17.0 Å². The summed E-state index contributed by atoms with van der Waals surface area (Å²) in [5.41, 5.74) is 1.60. The van der Waals surface area contributed by atoms with Crippen molar-refractivity contribution in [1.29, 1.82) is 0 Å². The van der Waals surface area contributed by atoms with Crippen molar-refractivity contribution in [3.63, 3.8) is 0 Å². The van der Waals surface area contributed by atoms with Crippen molar-refractivity contribution >= 4 is 23.2 Å². The maximum atomic E-state index is 13.6. The summed E-state index contributed by atoms with van der Waals surface area (Å²) >= 11 is 5.70. The SMILES string of the molecule is O=C(CNc1ccc(Cl)cc1F)NCC1(c2ccccc2)CC1. The third kappa shape index (κ3) is 3.82. The summed E-state index contributed by atoms with van der Waals surface area (Å²) in [6.07, 6.45) is 2.16. The van der Waals surface area contributed by atoms with Crippen molar-refractivity contribution in [2.75, 3.05) is 18.4 Å². The molecule has 2 aromatic carbocycles. The number of nitrogens with one attached hydrogen (secondary N) is 2. The predicted molar refractivity (Wildman–Crippen MR) is 90.3 cm³/mol. The van der Waals surface area contributed by atoms with E-state index in [1.165, 1.54) is 17.7 Å². The van der Waals surface area contributed by atoms with E-state index in [1.54, 1.807) is 6.07 Å². The van der Waals surface area contributed by atoms with Crippen LogP contribution in [0.4, 0.5) is 10.1 Å². The Bertz CT molecular complexity index is 701. The Kier molecular flexibility index (Phi) is 4.53. The molecule has 1 aliphatic rings. The fourth-order valence-corrected chi connectivity index (χ4v) is 2.81. The van der Waals surface area contributed by atoms with E-state index >= 15 is 0 Å². The second kappa shape index (κ2) is 6.59. The van der Waals surface area contributed by atoms with Crippen molar-refractivity contribution in [2.45, 2.75) is 18.3 Å². The smallest absolute Gasteiger partial charge is 0.239 e. The summed E-state index contributed by atoms with van der Waals surface area (Å²) in [5.74, 6) is -0.616. The molecule has 0 unspecified atom stereocenters. The van der Waals surface area contributed by atoms with Gasteiger partial charge in [0.05, 0.1) is 12.2 Å². The van der Waals surface area contributed by atoms with Crippen LogP contribution in [0.1, 0.15) is 18.4 Å². The van der Waals surface area contributed by atoms with E-state index in [1.807, 2.05) is 18.2 Å². The first-order valence-corrected chi connectivity index (χ1v) is 7.98. The molecule has 1 aliphatic carbocycles. The molecule has 3 nitrogen and oxygen atoms in total. The topological polar surface area (TPSA) is 41.1 Å². The molecule has 2 aromatic rings. The van der Waals surface area contributed by atoms with Crippen LogP contribution in [0.25, 0.3) is 0 Å². The average Bonchev–Trinajstić information content (AvgIpc) is 3.34. The molecular weight excluding hydrogens is 315 g/mol. The lowest BCUT2D eigenvalue weighted by Gasteiger charge is -2.17. The molecule has 23 heavy (non-hydrogen) atoms. The molecule has 3 rings (SSSR count). The second-order valence-electron chi connectivity index (χ2n) is 5.90. The highest BCUT2D eigenvalue weighted by atomic mass is 35.5. The van der Waals surface area contributed by atoms with Crippen molar-refractivity contribution < 1.29 is 9.18 Å². The van der Waals surface area contributed by atoms with Gasteiger partial charge in [-0.05, 0) is 36.6 Å². The van der Waals surface area contributed by atoms with Crippen LogP contribution in [0, 0.1) is 5.82 Å². The lowest BCUT2D eigenvalue weighted by atomic mass is 9.96. The molecule has 120 valence electrons. The monoisotopic (exact) mass is 332 g/mol. The number of benzene rings is 2. The Morgan fingerprint density at radius 2 is 1.91 bits per heavy atom. The molecule has 0 atom stereocenters. The number of carbonyl (C=O) groups excluding carboxylic acids is 1. The van der Waals surface area contributed by atoms with Gasteiger partial charge < -0.3 is 10.6 Å². The van der Waals surface area contributed by atoms with Crippen molar-refractivity contribution in [3.05, 3.63) is 64.9 Å². The van der Waals surface area contributed by atoms with Crippen LogP contribution in [-0.4, -0.2) is 19.0 Å². The van der Waals surface area contributed by atoms with E-state index in [0.29, 0.717) is 11.6 Å². The van der Waals surface area contributed by atoms with Gasteiger partial charge in [-0.15, -0.1) is 0 Å². The first-order chi connectivity index (χ1) is 11.1. The molecule has 0 aromatic heterocycles. The zero-order chi connectivity index (χ0) is 16.3. The molecular formula is C18H18ClFN2O. The van der Waals surface area contributed by atoms with Crippen LogP contribution >= 0.6 is 11.6 Å². The van der Waals surface area contributed by atoms with E-state index in [0.717, 1.165) is 12.8 Å². The fourth-order valence-electron chi connectivity index (χ4n) is 2.65. The average molecular weight is 333 g/mol. The Balaban J connectivity index is 1.50. The summed E-state index contributed by atoms with van der Waals surface area (Å²) in [5, 5.41) is 6.06. The quantitative estimate of drug-likeness (QED) is 0.846. The van der Waals surface area contributed by atoms with Crippen molar-refractivity contribution in [3.8, 4) is 0 Å². The van der Waals surface area contributed by atoms with Crippen LogP contribution < -0.4 is 10.6 Å². The molecule has 1 amide bonds. The highest BCUT2D eigenvalue weighted by molar-refractivity contribution is 6.30. The standard InChI is InChI=1S/C18H18ClFN2O/c19-14-6-7-16(15(20)10-14)21-11-17(23)22-12-18(8-9-18)13-4-2-1-3-5-13/h1-7,10,21H,8-9,11-12H2,(H,22,23). The lowest BCUT2D eigenvalue weighted by molar-refractivity contribution is -0.119. The van der Waals surface area contributed by atoms with Gasteiger partial charge in [0.1, 0.15) is 5.82 Å². The third-order valence-electron chi connectivity index (χ3n) is 4.23. The Hall–Kier alpha value is -2.07. The van der Waals surface area contributed by atoms with Gasteiger partial charge in [-0.3, -0.25) is 4.79 Å². The van der Waals surface area contributed by atoms with Crippen LogP contribution in [0.15, 0.2) is 48.5 Å². The fraction of sp³-hybridized carbons (Fsp3) is 0.278. The molecule has 1 saturated carbocycles. The number of amides is 1. The van der Waals surface area contributed by atoms with Crippen molar-refractivity contribution in [1.82, 2.24) is 5.32 Å². The number of rotatable bonds is 6. The van der Waals surface area contributed by atoms with E-state index in [9.17, 15) is 9.18 Å². The first-order valence-electron chi connectivity index (χ1n) is 7.60. The van der Waals surface area contributed by atoms with Crippen molar-refractivity contribution in [2.24, 2.45) is 0 Å². The molecule has 0 radical (unpaired) electrons. The Morgan fingerprint density at radius 3 is 2.57 bits per heavy atom. The minimum absolute atomic E-state index is 0.0312. The molecule has 0 aliphatic heterocycles. The van der Waals surface area contributed by atoms with Gasteiger partial charge in [0.25, 0.3) is 0 Å². The van der Waals surface area contributed by atoms with Gasteiger partial charge in [0.2, 0.25) is 5.91 Å². The zero-order valence-electron chi connectivity index (χ0n) is 12.6. The minimum atomic E-state index is -0.465. The molecule has 2 N–H and O–H groups in total. The van der Waals surface area contributed by atoms with Gasteiger partial charge in [-0.25, -0.2) is 4.39 Å². The summed E-state index contributed by atoms with van der Waals surface area (Å²) in [6.45, 7) is 0.643. The molecule has 0 spiro atoms. The summed E-state index contributed by atoms with van der Waals surface area (Å²) in [7, 11) is 0. The number of hydrogen-bond donors (Lipinski definition) is 2. The first kappa shape index (κ1) is 15.8. The van der Waals surface area contributed by atoms with Gasteiger partial charge in [-0.2, -0.15) is 0 Å². The maximum absolute atomic E-state index is 13.6. The van der Waals surface area contributed by atoms with Gasteiger partial charge >= 0.3 is 0 Å². The van der Waals surface area contributed by atoms with E-state index in [2.05, 4.69) is 22.8 Å². The Labute approximate surface area is 139 Å². The lowest BCUT2D eigenvalue weighted by Crippen LogP contribution is -2.36. The second-order valence-corrected chi connectivity index (χ2v) is 6.34. The largest absolute Gasteiger partial charge is 0.374 e. The van der Waals surface area contributed by atoms with Gasteiger partial charge in [-0.1, -0.05) is 41.9 Å². The van der Waals surface area contributed by atoms with E-state index < -0.39 is 5.82 Å². The summed E-state index contributed by atoms with van der Waals surface area (Å²) < 4.78 is 13.6.